The molecule has 0 atom stereocenters. The number of imidazole rings is 1. The predicted octanol–water partition coefficient (Wildman–Crippen LogP) is 0.584. The second-order valence-electron chi connectivity index (χ2n) is 4.75. The standard InChI is InChI=1S/C13H22N4O2S/c1-3-6-16-9-10-17(13(16)19)8-5-12(18)15(2)7-4-11(14)20/h9-10H,3-8H2,1-2H3,(H2,14,20). The monoisotopic (exact) mass is 298 g/mol. The van der Waals surface area contributed by atoms with Crippen LogP contribution in [0.15, 0.2) is 17.2 Å². The summed E-state index contributed by atoms with van der Waals surface area (Å²) in [6.45, 7) is 3.63. The van der Waals surface area contributed by atoms with Crippen LogP contribution < -0.4 is 11.4 Å². The largest absolute Gasteiger partial charge is 0.393 e. The van der Waals surface area contributed by atoms with E-state index in [1.54, 1.807) is 33.5 Å². The van der Waals surface area contributed by atoms with Crippen LogP contribution in [0.4, 0.5) is 0 Å². The highest BCUT2D eigenvalue weighted by Gasteiger charge is 2.10. The fourth-order valence-corrected chi connectivity index (χ4v) is 1.94. The molecule has 0 saturated carbocycles. The number of thiocarbonyl (C=S) groups is 1. The van der Waals surface area contributed by atoms with Gasteiger partial charge in [-0.1, -0.05) is 19.1 Å². The van der Waals surface area contributed by atoms with E-state index in [1.807, 2.05) is 6.92 Å². The number of carbonyl (C=O) groups is 1. The fraction of sp³-hybridized carbons (Fsp3) is 0.615. The lowest BCUT2D eigenvalue weighted by atomic mass is 10.3. The van der Waals surface area contributed by atoms with E-state index in [0.29, 0.717) is 37.5 Å². The molecular formula is C13H22N4O2S. The Kier molecular flexibility index (Phi) is 6.44. The summed E-state index contributed by atoms with van der Waals surface area (Å²) >= 11 is 4.78. The molecule has 112 valence electrons. The molecule has 0 saturated heterocycles. The minimum Gasteiger partial charge on any atom is -0.393 e. The van der Waals surface area contributed by atoms with Crippen molar-refractivity contribution in [3.8, 4) is 0 Å². The smallest absolute Gasteiger partial charge is 0.328 e. The first-order valence-electron chi connectivity index (χ1n) is 6.73. The first-order chi connectivity index (χ1) is 9.45. The Hall–Kier alpha value is -1.63. The number of carbonyl (C=O) groups excluding carboxylic acids is 1. The number of amides is 1. The molecule has 7 heteroatoms. The highest BCUT2D eigenvalue weighted by molar-refractivity contribution is 7.80. The molecule has 0 fully saturated rings. The van der Waals surface area contributed by atoms with Crippen LogP contribution in [-0.4, -0.2) is 38.5 Å². The molecule has 1 rings (SSSR count). The van der Waals surface area contributed by atoms with Gasteiger partial charge in [-0.25, -0.2) is 4.79 Å². The third kappa shape index (κ3) is 4.80. The van der Waals surface area contributed by atoms with Crippen molar-refractivity contribution in [2.45, 2.75) is 39.3 Å². The number of nitrogens with two attached hydrogens (primary N) is 1. The van der Waals surface area contributed by atoms with Gasteiger partial charge in [0, 0.05) is 51.9 Å². The normalized spacial score (nSPS) is 10.5. The summed E-state index contributed by atoms with van der Waals surface area (Å²) in [5.74, 6) is -0.0172. The van der Waals surface area contributed by atoms with Gasteiger partial charge in [0.1, 0.15) is 0 Å². The lowest BCUT2D eigenvalue weighted by Gasteiger charge is -2.16. The molecule has 0 spiro atoms. The molecule has 0 aliphatic carbocycles. The van der Waals surface area contributed by atoms with Crippen molar-refractivity contribution in [3.05, 3.63) is 22.9 Å². The summed E-state index contributed by atoms with van der Waals surface area (Å²) in [4.78, 5) is 25.8. The first kappa shape index (κ1) is 16.4. The van der Waals surface area contributed by atoms with E-state index in [2.05, 4.69) is 0 Å². The SMILES string of the molecule is CCCn1ccn(CCC(=O)N(C)CCC(N)=S)c1=O. The maximum atomic E-state index is 11.9. The van der Waals surface area contributed by atoms with Gasteiger partial charge in [-0.15, -0.1) is 0 Å². The average molecular weight is 298 g/mol. The topological polar surface area (TPSA) is 73.3 Å². The van der Waals surface area contributed by atoms with Crippen LogP contribution in [0, 0.1) is 0 Å². The Balaban J connectivity index is 2.48. The van der Waals surface area contributed by atoms with E-state index in [9.17, 15) is 9.59 Å². The van der Waals surface area contributed by atoms with Crippen molar-refractivity contribution in [2.75, 3.05) is 13.6 Å². The van der Waals surface area contributed by atoms with E-state index < -0.39 is 0 Å². The predicted molar refractivity (Wildman–Crippen MR) is 82.6 cm³/mol. The van der Waals surface area contributed by atoms with E-state index in [1.165, 1.54) is 0 Å². The van der Waals surface area contributed by atoms with Crippen molar-refractivity contribution in [1.29, 1.82) is 0 Å². The Labute approximate surface area is 124 Å². The van der Waals surface area contributed by atoms with Crippen molar-refractivity contribution in [2.24, 2.45) is 5.73 Å². The van der Waals surface area contributed by atoms with Crippen molar-refractivity contribution >= 4 is 23.1 Å². The van der Waals surface area contributed by atoms with Gasteiger partial charge in [0.25, 0.3) is 0 Å². The second kappa shape index (κ2) is 7.84. The van der Waals surface area contributed by atoms with Crippen LogP contribution in [0.3, 0.4) is 0 Å². The van der Waals surface area contributed by atoms with Crippen LogP contribution in [0.2, 0.25) is 0 Å². The maximum Gasteiger partial charge on any atom is 0.328 e. The molecule has 0 unspecified atom stereocenters. The summed E-state index contributed by atoms with van der Waals surface area (Å²) < 4.78 is 3.22. The molecule has 1 aromatic rings. The van der Waals surface area contributed by atoms with Crippen LogP contribution in [0.1, 0.15) is 26.2 Å². The molecule has 1 amide bonds. The van der Waals surface area contributed by atoms with Gasteiger partial charge >= 0.3 is 5.69 Å². The molecule has 1 heterocycles. The van der Waals surface area contributed by atoms with Gasteiger partial charge in [-0.2, -0.15) is 0 Å². The minimum atomic E-state index is -0.0644. The highest BCUT2D eigenvalue weighted by Crippen LogP contribution is 1.97. The summed E-state index contributed by atoms with van der Waals surface area (Å²) in [5.41, 5.74) is 5.34. The Morgan fingerprint density at radius 1 is 1.30 bits per heavy atom. The molecule has 0 aliphatic heterocycles. The quantitative estimate of drug-likeness (QED) is 0.713. The Morgan fingerprint density at radius 2 is 1.90 bits per heavy atom. The molecule has 1 aromatic heterocycles. The summed E-state index contributed by atoms with van der Waals surface area (Å²) in [7, 11) is 1.71. The summed E-state index contributed by atoms with van der Waals surface area (Å²) in [6, 6.07) is 0. The van der Waals surface area contributed by atoms with E-state index in [4.69, 9.17) is 18.0 Å². The molecule has 0 aliphatic rings. The minimum absolute atomic E-state index is 0.0172. The molecule has 0 aromatic carbocycles. The number of aryl methyl sites for hydroxylation is 2. The van der Waals surface area contributed by atoms with Gasteiger partial charge in [0.15, 0.2) is 0 Å². The molecule has 0 bridgehead atoms. The lowest BCUT2D eigenvalue weighted by Crippen LogP contribution is -2.32. The molecular weight excluding hydrogens is 276 g/mol. The van der Waals surface area contributed by atoms with Crippen LogP contribution >= 0.6 is 12.2 Å². The van der Waals surface area contributed by atoms with Crippen molar-refractivity contribution in [3.63, 3.8) is 0 Å². The zero-order valence-corrected chi connectivity index (χ0v) is 12.9. The average Bonchev–Trinajstić information content (AvgIpc) is 2.75. The molecule has 0 radical (unpaired) electrons. The number of rotatable bonds is 8. The summed E-state index contributed by atoms with van der Waals surface area (Å²) in [5, 5.41) is 0. The number of aromatic nitrogens is 2. The Morgan fingerprint density at radius 3 is 2.45 bits per heavy atom. The van der Waals surface area contributed by atoms with E-state index in [-0.39, 0.29) is 11.6 Å². The van der Waals surface area contributed by atoms with Crippen LogP contribution in [0.25, 0.3) is 0 Å². The summed E-state index contributed by atoms with van der Waals surface area (Å²) in [6.07, 6.45) is 5.20. The highest BCUT2D eigenvalue weighted by atomic mass is 32.1. The van der Waals surface area contributed by atoms with Crippen LogP contribution in [0.5, 0.6) is 0 Å². The van der Waals surface area contributed by atoms with E-state index >= 15 is 0 Å². The van der Waals surface area contributed by atoms with Crippen molar-refractivity contribution in [1.82, 2.24) is 14.0 Å². The first-order valence-corrected chi connectivity index (χ1v) is 7.14. The third-order valence-corrected chi connectivity index (χ3v) is 3.27. The molecule has 20 heavy (non-hydrogen) atoms. The third-order valence-electron chi connectivity index (χ3n) is 3.07. The van der Waals surface area contributed by atoms with Gasteiger partial charge in [-0.05, 0) is 6.42 Å². The number of nitrogens with zero attached hydrogens (tertiary/aromatic N) is 3. The lowest BCUT2D eigenvalue weighted by molar-refractivity contribution is -0.130. The zero-order chi connectivity index (χ0) is 15.1. The van der Waals surface area contributed by atoms with E-state index in [0.717, 1.165) is 6.42 Å². The van der Waals surface area contributed by atoms with Crippen LogP contribution in [-0.2, 0) is 17.9 Å². The Bertz CT molecular complexity index is 521. The zero-order valence-electron chi connectivity index (χ0n) is 12.0. The number of hydrogen-bond acceptors (Lipinski definition) is 3. The molecule has 6 nitrogen and oxygen atoms in total. The van der Waals surface area contributed by atoms with Gasteiger partial charge in [0.2, 0.25) is 5.91 Å². The van der Waals surface area contributed by atoms with Crippen molar-refractivity contribution < 1.29 is 4.79 Å². The number of hydrogen-bond donors (Lipinski definition) is 1. The fourth-order valence-electron chi connectivity index (χ4n) is 1.84. The van der Waals surface area contributed by atoms with Gasteiger partial charge in [-0.3, -0.25) is 13.9 Å². The van der Waals surface area contributed by atoms with Gasteiger partial charge in [0.05, 0.1) is 4.99 Å². The maximum absolute atomic E-state index is 11.9. The molecule has 2 N–H and O–H groups in total. The second-order valence-corrected chi connectivity index (χ2v) is 5.27. The van der Waals surface area contributed by atoms with Gasteiger partial charge < -0.3 is 10.6 Å².